The molecule has 0 aliphatic heterocycles. The van der Waals surface area contributed by atoms with E-state index in [0.717, 1.165) is 18.6 Å². The Labute approximate surface area is 149 Å². The molecule has 0 radical (unpaired) electrons. The second-order valence-electron chi connectivity index (χ2n) is 6.86. The molecule has 6 heteroatoms. The predicted molar refractivity (Wildman–Crippen MR) is 97.8 cm³/mol. The monoisotopic (exact) mass is 347 g/mol. The summed E-state index contributed by atoms with van der Waals surface area (Å²) in [6, 6.07) is 8.35. The van der Waals surface area contributed by atoms with E-state index in [9.17, 15) is 9.59 Å². The van der Waals surface area contributed by atoms with Gasteiger partial charge in [0.2, 0.25) is 5.91 Å². The Kier molecular flexibility index (Phi) is 6.67. The van der Waals surface area contributed by atoms with Gasteiger partial charge in [-0.15, -0.1) is 0 Å². The van der Waals surface area contributed by atoms with Gasteiger partial charge >= 0.3 is 6.03 Å². The van der Waals surface area contributed by atoms with Crippen LogP contribution < -0.4 is 15.4 Å². The molecule has 6 nitrogen and oxygen atoms in total. The third-order valence-electron chi connectivity index (χ3n) is 4.64. The van der Waals surface area contributed by atoms with E-state index < -0.39 is 0 Å². The Morgan fingerprint density at radius 1 is 1.32 bits per heavy atom. The standard InChI is InChI=1S/C19H29N3O3/c1-13(2)22(9-8-20-14(3)23)19(24)21-17-10-16(11-17)15-6-5-7-18(12-15)25-4/h5-7,12-13,16-17H,8-11H2,1-4H3,(H,20,23)(H,21,24). The Morgan fingerprint density at radius 3 is 2.64 bits per heavy atom. The van der Waals surface area contributed by atoms with E-state index in [4.69, 9.17) is 4.74 Å². The van der Waals surface area contributed by atoms with Crippen molar-refractivity contribution in [2.45, 2.75) is 51.6 Å². The first-order valence-corrected chi connectivity index (χ1v) is 8.86. The van der Waals surface area contributed by atoms with Gasteiger partial charge in [0.25, 0.3) is 0 Å². The van der Waals surface area contributed by atoms with Gasteiger partial charge in [-0.1, -0.05) is 12.1 Å². The maximum atomic E-state index is 12.5. The fourth-order valence-electron chi connectivity index (χ4n) is 3.11. The van der Waals surface area contributed by atoms with Crippen molar-refractivity contribution in [3.63, 3.8) is 0 Å². The predicted octanol–water partition coefficient (Wildman–Crippen LogP) is 2.50. The molecule has 3 amide bonds. The summed E-state index contributed by atoms with van der Waals surface area (Å²) in [5.74, 6) is 1.26. The molecule has 2 rings (SSSR count). The van der Waals surface area contributed by atoms with E-state index in [-0.39, 0.29) is 24.0 Å². The highest BCUT2D eigenvalue weighted by molar-refractivity contribution is 5.75. The highest BCUT2D eigenvalue weighted by Crippen LogP contribution is 2.38. The van der Waals surface area contributed by atoms with Gasteiger partial charge in [-0.25, -0.2) is 4.79 Å². The number of methoxy groups -OCH3 is 1. The molecule has 1 aliphatic carbocycles. The van der Waals surface area contributed by atoms with Crippen molar-refractivity contribution in [1.82, 2.24) is 15.5 Å². The first-order valence-electron chi connectivity index (χ1n) is 8.86. The van der Waals surface area contributed by atoms with Crippen LogP contribution in [0.15, 0.2) is 24.3 Å². The zero-order valence-electron chi connectivity index (χ0n) is 15.5. The van der Waals surface area contributed by atoms with Crippen LogP contribution in [0.1, 0.15) is 45.1 Å². The summed E-state index contributed by atoms with van der Waals surface area (Å²) in [7, 11) is 1.67. The number of benzene rings is 1. The zero-order valence-corrected chi connectivity index (χ0v) is 15.5. The van der Waals surface area contributed by atoms with Crippen molar-refractivity contribution < 1.29 is 14.3 Å². The molecule has 0 saturated heterocycles. The van der Waals surface area contributed by atoms with Gasteiger partial charge in [0, 0.05) is 32.1 Å². The van der Waals surface area contributed by atoms with Gasteiger partial charge in [0.05, 0.1) is 7.11 Å². The van der Waals surface area contributed by atoms with Crippen molar-refractivity contribution in [3.05, 3.63) is 29.8 Å². The van der Waals surface area contributed by atoms with Gasteiger partial charge in [-0.3, -0.25) is 4.79 Å². The van der Waals surface area contributed by atoms with Gasteiger partial charge in [-0.05, 0) is 50.3 Å². The third kappa shape index (κ3) is 5.37. The zero-order chi connectivity index (χ0) is 18.4. The topological polar surface area (TPSA) is 70.7 Å². The van der Waals surface area contributed by atoms with Crippen LogP contribution in [-0.4, -0.2) is 49.1 Å². The molecular formula is C19H29N3O3. The molecule has 0 atom stereocenters. The number of ether oxygens (including phenoxy) is 1. The van der Waals surface area contributed by atoms with Crippen LogP contribution in [0.3, 0.4) is 0 Å². The summed E-state index contributed by atoms with van der Waals surface area (Å²) in [4.78, 5) is 25.2. The van der Waals surface area contributed by atoms with Gasteiger partial charge in [-0.2, -0.15) is 0 Å². The van der Waals surface area contributed by atoms with Crippen LogP contribution in [0.2, 0.25) is 0 Å². The van der Waals surface area contributed by atoms with E-state index in [1.807, 2.05) is 26.0 Å². The van der Waals surface area contributed by atoms with Gasteiger partial charge in [0.1, 0.15) is 5.75 Å². The number of urea groups is 1. The summed E-state index contributed by atoms with van der Waals surface area (Å²) in [5.41, 5.74) is 1.26. The number of amides is 3. The summed E-state index contributed by atoms with van der Waals surface area (Å²) in [6.45, 7) is 6.42. The largest absolute Gasteiger partial charge is 0.497 e. The SMILES string of the molecule is COc1cccc(C2CC(NC(=O)N(CCNC(C)=O)C(C)C)C2)c1. The molecule has 25 heavy (non-hydrogen) atoms. The Hall–Kier alpha value is -2.24. The lowest BCUT2D eigenvalue weighted by Crippen LogP contribution is -2.52. The highest BCUT2D eigenvalue weighted by Gasteiger charge is 2.32. The molecule has 138 valence electrons. The molecule has 1 saturated carbocycles. The molecule has 1 fully saturated rings. The number of rotatable bonds is 7. The number of carbonyl (C=O) groups excluding carboxylic acids is 2. The average molecular weight is 347 g/mol. The lowest BCUT2D eigenvalue weighted by atomic mass is 9.76. The number of nitrogens with zero attached hydrogens (tertiary/aromatic N) is 1. The first-order chi connectivity index (χ1) is 11.9. The minimum absolute atomic E-state index is 0.0607. The Bertz CT molecular complexity index is 597. The molecular weight excluding hydrogens is 318 g/mol. The summed E-state index contributed by atoms with van der Waals surface area (Å²) in [5, 5.41) is 5.84. The molecule has 0 aromatic heterocycles. The van der Waals surface area contributed by atoms with E-state index in [1.54, 1.807) is 12.0 Å². The molecule has 0 bridgehead atoms. The second-order valence-corrected chi connectivity index (χ2v) is 6.86. The summed E-state index contributed by atoms with van der Waals surface area (Å²) in [6.07, 6.45) is 1.88. The highest BCUT2D eigenvalue weighted by atomic mass is 16.5. The Morgan fingerprint density at radius 2 is 2.04 bits per heavy atom. The minimum Gasteiger partial charge on any atom is -0.497 e. The Balaban J connectivity index is 1.81. The fraction of sp³-hybridized carbons (Fsp3) is 0.579. The van der Waals surface area contributed by atoms with Gasteiger partial charge in [0.15, 0.2) is 0 Å². The van der Waals surface area contributed by atoms with Crippen molar-refractivity contribution in [3.8, 4) is 5.75 Å². The molecule has 0 spiro atoms. The van der Waals surface area contributed by atoms with Crippen LogP contribution in [0.4, 0.5) is 4.79 Å². The number of hydrogen-bond donors (Lipinski definition) is 2. The van der Waals surface area contributed by atoms with Crippen LogP contribution in [0.25, 0.3) is 0 Å². The van der Waals surface area contributed by atoms with Crippen molar-refractivity contribution in [2.75, 3.05) is 20.2 Å². The lowest BCUT2D eigenvalue weighted by molar-refractivity contribution is -0.119. The third-order valence-corrected chi connectivity index (χ3v) is 4.64. The van der Waals surface area contributed by atoms with Crippen LogP contribution in [0, 0.1) is 0 Å². The second kappa shape index (κ2) is 8.74. The first kappa shape index (κ1) is 19.1. The van der Waals surface area contributed by atoms with Crippen molar-refractivity contribution in [2.24, 2.45) is 0 Å². The molecule has 1 aliphatic rings. The van der Waals surface area contributed by atoms with Crippen LogP contribution in [0.5, 0.6) is 5.75 Å². The number of carbonyl (C=O) groups is 2. The molecule has 2 N–H and O–H groups in total. The van der Waals surface area contributed by atoms with Crippen LogP contribution in [-0.2, 0) is 4.79 Å². The molecule has 1 aromatic rings. The maximum Gasteiger partial charge on any atom is 0.317 e. The number of hydrogen-bond acceptors (Lipinski definition) is 3. The minimum atomic E-state index is -0.0794. The lowest BCUT2D eigenvalue weighted by Gasteiger charge is -2.38. The van der Waals surface area contributed by atoms with E-state index in [1.165, 1.54) is 12.5 Å². The quantitative estimate of drug-likeness (QED) is 0.796. The van der Waals surface area contributed by atoms with Crippen molar-refractivity contribution >= 4 is 11.9 Å². The molecule has 0 unspecified atom stereocenters. The van der Waals surface area contributed by atoms with Crippen LogP contribution >= 0.6 is 0 Å². The number of nitrogens with one attached hydrogen (secondary N) is 2. The summed E-state index contributed by atoms with van der Waals surface area (Å²) < 4.78 is 5.27. The summed E-state index contributed by atoms with van der Waals surface area (Å²) >= 11 is 0. The smallest absolute Gasteiger partial charge is 0.317 e. The molecule has 1 aromatic carbocycles. The maximum absolute atomic E-state index is 12.5. The fourth-order valence-corrected chi connectivity index (χ4v) is 3.11. The van der Waals surface area contributed by atoms with E-state index in [0.29, 0.717) is 19.0 Å². The van der Waals surface area contributed by atoms with Crippen molar-refractivity contribution in [1.29, 1.82) is 0 Å². The van der Waals surface area contributed by atoms with Gasteiger partial charge < -0.3 is 20.3 Å². The van der Waals surface area contributed by atoms with E-state index in [2.05, 4.69) is 22.8 Å². The molecule has 0 heterocycles. The van der Waals surface area contributed by atoms with E-state index >= 15 is 0 Å². The average Bonchev–Trinajstić information content (AvgIpc) is 2.53. The normalized spacial score (nSPS) is 19.1.